The van der Waals surface area contributed by atoms with E-state index < -0.39 is 39.1 Å². The maximum atomic E-state index is 13.8. The molecule has 0 saturated carbocycles. The van der Waals surface area contributed by atoms with E-state index in [4.69, 9.17) is 0 Å². The molecular weight excluding hydrogens is 461 g/mol. The molecule has 1 heterocycles. The number of halogens is 4. The van der Waals surface area contributed by atoms with Crippen molar-refractivity contribution in [3.63, 3.8) is 0 Å². The molecule has 0 unspecified atom stereocenters. The lowest BCUT2D eigenvalue weighted by Crippen LogP contribution is -2.35. The third-order valence-electron chi connectivity index (χ3n) is 4.42. The summed E-state index contributed by atoms with van der Waals surface area (Å²) in [6.45, 7) is 0.806. The van der Waals surface area contributed by atoms with Crippen molar-refractivity contribution >= 4 is 37.5 Å². The van der Waals surface area contributed by atoms with Gasteiger partial charge in [0, 0.05) is 17.6 Å². The van der Waals surface area contributed by atoms with Crippen molar-refractivity contribution in [2.45, 2.75) is 24.2 Å². The molecule has 3 rings (SSSR count). The zero-order valence-electron chi connectivity index (χ0n) is 14.5. The van der Waals surface area contributed by atoms with Crippen LogP contribution in [-0.4, -0.2) is 31.7 Å². The smallest absolute Gasteiger partial charge is 0.256 e. The van der Waals surface area contributed by atoms with Gasteiger partial charge in [-0.1, -0.05) is 6.42 Å². The number of nitrogens with one attached hydrogen (secondary N) is 1. The van der Waals surface area contributed by atoms with E-state index in [1.54, 1.807) is 0 Å². The Labute approximate surface area is 168 Å². The molecule has 1 aliphatic rings. The van der Waals surface area contributed by atoms with Gasteiger partial charge in [-0.15, -0.1) is 0 Å². The molecule has 0 aliphatic carbocycles. The van der Waals surface area contributed by atoms with Gasteiger partial charge in [-0.25, -0.2) is 21.6 Å². The van der Waals surface area contributed by atoms with Crippen LogP contribution < -0.4 is 5.32 Å². The number of sulfonamides is 1. The van der Waals surface area contributed by atoms with Crippen LogP contribution in [0.1, 0.15) is 29.6 Å². The average molecular weight is 477 g/mol. The highest BCUT2D eigenvalue weighted by Gasteiger charge is 2.27. The summed E-state index contributed by atoms with van der Waals surface area (Å²) in [5.74, 6) is -5.50. The molecule has 150 valence electrons. The van der Waals surface area contributed by atoms with Gasteiger partial charge >= 0.3 is 0 Å². The Morgan fingerprint density at radius 2 is 1.68 bits per heavy atom. The number of piperidine rings is 1. The number of carbonyl (C=O) groups excluding carboxylic acids is 1. The monoisotopic (exact) mass is 476 g/mol. The van der Waals surface area contributed by atoms with E-state index in [-0.39, 0.29) is 14.9 Å². The summed E-state index contributed by atoms with van der Waals surface area (Å²) in [4.78, 5) is 12.4. The minimum absolute atomic E-state index is 0.0755. The second-order valence-electron chi connectivity index (χ2n) is 6.28. The van der Waals surface area contributed by atoms with Crippen molar-refractivity contribution in [1.82, 2.24) is 4.31 Å². The lowest BCUT2D eigenvalue weighted by Gasteiger charge is -2.26. The van der Waals surface area contributed by atoms with Crippen LogP contribution in [0.3, 0.4) is 0 Å². The summed E-state index contributed by atoms with van der Waals surface area (Å²) in [7, 11) is -3.78. The molecule has 0 spiro atoms. The summed E-state index contributed by atoms with van der Waals surface area (Å²) in [5, 5.41) is 2.13. The van der Waals surface area contributed by atoms with Gasteiger partial charge in [-0.3, -0.25) is 4.79 Å². The van der Waals surface area contributed by atoms with E-state index in [0.717, 1.165) is 25.3 Å². The fraction of sp³-hybridized carbons (Fsp3) is 0.278. The lowest BCUT2D eigenvalue weighted by atomic mass is 10.2. The molecule has 5 nitrogen and oxygen atoms in total. The van der Waals surface area contributed by atoms with Crippen molar-refractivity contribution in [2.24, 2.45) is 0 Å². The van der Waals surface area contributed by atoms with Crippen LogP contribution in [0.5, 0.6) is 0 Å². The molecule has 10 heteroatoms. The number of hydrogen-bond acceptors (Lipinski definition) is 3. The average Bonchev–Trinajstić information content (AvgIpc) is 2.69. The topological polar surface area (TPSA) is 66.5 Å². The summed E-state index contributed by atoms with van der Waals surface area (Å²) >= 11 is 3.15. The highest BCUT2D eigenvalue weighted by molar-refractivity contribution is 9.10. The Bertz CT molecular complexity index is 1020. The van der Waals surface area contributed by atoms with Gasteiger partial charge in [0.15, 0.2) is 17.5 Å². The van der Waals surface area contributed by atoms with E-state index in [2.05, 4.69) is 21.2 Å². The minimum Gasteiger partial charge on any atom is -0.319 e. The maximum Gasteiger partial charge on any atom is 0.256 e. The van der Waals surface area contributed by atoms with Gasteiger partial charge in [0.1, 0.15) is 0 Å². The van der Waals surface area contributed by atoms with Gasteiger partial charge in [-0.2, -0.15) is 4.31 Å². The second kappa shape index (κ2) is 8.22. The molecule has 28 heavy (non-hydrogen) atoms. The highest BCUT2D eigenvalue weighted by Crippen LogP contribution is 2.27. The molecule has 2 aromatic carbocycles. The number of benzene rings is 2. The number of nitrogens with zero attached hydrogens (tertiary/aromatic N) is 1. The normalized spacial score (nSPS) is 15.4. The van der Waals surface area contributed by atoms with Crippen molar-refractivity contribution < 1.29 is 26.4 Å². The fourth-order valence-corrected chi connectivity index (χ4v) is 4.88. The Balaban J connectivity index is 1.91. The van der Waals surface area contributed by atoms with Crippen molar-refractivity contribution in [3.05, 3.63) is 57.8 Å². The van der Waals surface area contributed by atoms with Gasteiger partial charge in [0.25, 0.3) is 5.91 Å². The van der Waals surface area contributed by atoms with Gasteiger partial charge < -0.3 is 5.32 Å². The first-order valence-corrected chi connectivity index (χ1v) is 10.7. The molecule has 0 atom stereocenters. The van der Waals surface area contributed by atoms with Crippen LogP contribution in [-0.2, 0) is 10.0 Å². The first kappa shape index (κ1) is 20.8. The van der Waals surface area contributed by atoms with Crippen LogP contribution in [0.2, 0.25) is 0 Å². The first-order valence-electron chi connectivity index (χ1n) is 8.46. The summed E-state index contributed by atoms with van der Waals surface area (Å²) in [5.41, 5.74) is -0.637. The second-order valence-corrected chi connectivity index (χ2v) is 9.08. The Morgan fingerprint density at radius 3 is 2.36 bits per heavy atom. The SMILES string of the molecule is O=C(Nc1ccc(F)c(F)c1F)c1cc(S(=O)(=O)N2CCCCC2)ccc1Br. The number of amides is 1. The van der Waals surface area contributed by atoms with Gasteiger partial charge in [0.2, 0.25) is 10.0 Å². The summed E-state index contributed by atoms with van der Waals surface area (Å²) in [6, 6.07) is 5.49. The van der Waals surface area contributed by atoms with E-state index in [1.807, 2.05) is 0 Å². The van der Waals surface area contributed by atoms with Crippen LogP contribution in [0.25, 0.3) is 0 Å². The highest BCUT2D eigenvalue weighted by atomic mass is 79.9. The zero-order valence-corrected chi connectivity index (χ0v) is 16.9. The van der Waals surface area contributed by atoms with E-state index in [9.17, 15) is 26.4 Å². The third-order valence-corrected chi connectivity index (χ3v) is 7.00. The first-order chi connectivity index (χ1) is 13.2. The molecule has 1 aliphatic heterocycles. The van der Waals surface area contributed by atoms with Crippen molar-refractivity contribution in [3.8, 4) is 0 Å². The van der Waals surface area contributed by atoms with Crippen molar-refractivity contribution in [1.29, 1.82) is 0 Å². The number of hydrogen-bond donors (Lipinski definition) is 1. The molecule has 0 radical (unpaired) electrons. The van der Waals surface area contributed by atoms with Crippen LogP contribution >= 0.6 is 15.9 Å². The zero-order chi connectivity index (χ0) is 20.5. The molecule has 1 saturated heterocycles. The predicted octanol–water partition coefficient (Wildman–Crippen LogP) is 4.29. The largest absolute Gasteiger partial charge is 0.319 e. The molecule has 0 aromatic heterocycles. The van der Waals surface area contributed by atoms with E-state index in [1.165, 1.54) is 22.5 Å². The quantitative estimate of drug-likeness (QED) is 0.669. The Morgan fingerprint density at radius 1 is 1.00 bits per heavy atom. The number of rotatable bonds is 4. The van der Waals surface area contributed by atoms with Crippen molar-refractivity contribution in [2.75, 3.05) is 18.4 Å². The summed E-state index contributed by atoms with van der Waals surface area (Å²) in [6.07, 6.45) is 2.48. The molecule has 1 N–H and O–H groups in total. The minimum atomic E-state index is -3.78. The number of anilines is 1. The van der Waals surface area contributed by atoms with Crippen LogP contribution in [0.4, 0.5) is 18.9 Å². The lowest BCUT2D eigenvalue weighted by molar-refractivity contribution is 0.102. The maximum absolute atomic E-state index is 13.8. The van der Waals surface area contributed by atoms with Gasteiger partial charge in [-0.05, 0) is 59.1 Å². The fourth-order valence-electron chi connectivity index (χ4n) is 2.91. The Kier molecular flexibility index (Phi) is 6.11. The molecule has 1 fully saturated rings. The standard InChI is InChI=1S/C18H16BrF3N2O3S/c19-13-5-4-11(28(26,27)24-8-2-1-3-9-24)10-12(13)18(25)23-15-7-6-14(20)16(21)17(15)22/h4-7,10H,1-3,8-9H2,(H,23,25). The van der Waals surface area contributed by atoms with Crippen LogP contribution in [0.15, 0.2) is 39.7 Å². The van der Waals surface area contributed by atoms with Gasteiger partial charge in [0.05, 0.1) is 16.1 Å². The summed E-state index contributed by atoms with van der Waals surface area (Å²) < 4.78 is 67.4. The third kappa shape index (κ3) is 4.08. The Hall–Kier alpha value is -1.91. The molecular formula is C18H16BrF3N2O3S. The molecule has 0 bridgehead atoms. The van der Waals surface area contributed by atoms with Crippen LogP contribution in [0, 0.1) is 17.5 Å². The van der Waals surface area contributed by atoms with E-state index in [0.29, 0.717) is 19.2 Å². The number of carbonyl (C=O) groups is 1. The molecule has 1 amide bonds. The predicted molar refractivity (Wildman–Crippen MR) is 101 cm³/mol. The van der Waals surface area contributed by atoms with E-state index >= 15 is 0 Å². The molecule has 2 aromatic rings.